The Morgan fingerprint density at radius 2 is 2.13 bits per heavy atom. The van der Waals surface area contributed by atoms with Gasteiger partial charge in [-0.3, -0.25) is 14.8 Å². The molecule has 1 fully saturated rings. The number of carbonyl (C=O) groups excluding carboxylic acids is 1. The van der Waals surface area contributed by atoms with E-state index in [1.54, 1.807) is 18.2 Å². The minimum atomic E-state index is -4.60. The fraction of sp³-hybridized carbons (Fsp3) is 0.474. The van der Waals surface area contributed by atoms with E-state index in [1.165, 1.54) is 13.3 Å². The van der Waals surface area contributed by atoms with Gasteiger partial charge in [0.05, 0.1) is 13.5 Å². The number of anilines is 1. The number of aromatic amines is 1. The summed E-state index contributed by atoms with van der Waals surface area (Å²) >= 11 is 0. The molecule has 0 aliphatic heterocycles. The summed E-state index contributed by atoms with van der Waals surface area (Å²) in [4.78, 5) is 27.9. The molecule has 0 spiro atoms. The van der Waals surface area contributed by atoms with Crippen LogP contribution in [0.1, 0.15) is 36.4 Å². The van der Waals surface area contributed by atoms with Gasteiger partial charge in [-0.25, -0.2) is 9.78 Å². The molecule has 168 valence electrons. The molecule has 3 rings (SSSR count). The van der Waals surface area contributed by atoms with Crippen LogP contribution in [0.15, 0.2) is 24.4 Å². The van der Waals surface area contributed by atoms with Gasteiger partial charge in [0, 0.05) is 36.0 Å². The Labute approximate surface area is 175 Å². The molecule has 0 bridgehead atoms. The van der Waals surface area contributed by atoms with Crippen molar-refractivity contribution < 1.29 is 32.6 Å². The monoisotopic (exact) mass is 441 g/mol. The molecule has 12 heteroatoms. The molecule has 1 aliphatic carbocycles. The molecular weight excluding hydrogens is 419 g/mol. The van der Waals surface area contributed by atoms with Crippen molar-refractivity contribution in [2.24, 2.45) is 0 Å². The van der Waals surface area contributed by atoms with E-state index in [1.807, 2.05) is 0 Å². The van der Waals surface area contributed by atoms with E-state index in [0.717, 1.165) is 0 Å². The number of alkyl halides is 3. The zero-order valence-electron chi connectivity index (χ0n) is 16.6. The van der Waals surface area contributed by atoms with Gasteiger partial charge in [-0.05, 0) is 30.9 Å². The van der Waals surface area contributed by atoms with Crippen LogP contribution >= 0.6 is 0 Å². The Hall–Kier alpha value is -3.31. The van der Waals surface area contributed by atoms with Gasteiger partial charge >= 0.3 is 12.3 Å². The van der Waals surface area contributed by atoms with E-state index in [4.69, 9.17) is 9.84 Å². The maximum Gasteiger partial charge on any atom is 0.407 e. The molecule has 2 unspecified atom stereocenters. The van der Waals surface area contributed by atoms with Gasteiger partial charge in [-0.2, -0.15) is 18.3 Å². The Morgan fingerprint density at radius 1 is 1.35 bits per heavy atom. The zero-order valence-corrected chi connectivity index (χ0v) is 16.6. The number of ether oxygens (including phenoxy) is 1. The summed E-state index contributed by atoms with van der Waals surface area (Å²) < 4.78 is 43.1. The van der Waals surface area contributed by atoms with E-state index < -0.39 is 24.9 Å². The third-order valence-electron chi connectivity index (χ3n) is 5.12. The van der Waals surface area contributed by atoms with Gasteiger partial charge in [-0.15, -0.1) is 0 Å². The minimum absolute atomic E-state index is 0.0809. The van der Waals surface area contributed by atoms with Crippen LogP contribution in [0, 0.1) is 0 Å². The van der Waals surface area contributed by atoms with Crippen molar-refractivity contribution in [3.8, 4) is 5.88 Å². The van der Waals surface area contributed by atoms with Crippen molar-refractivity contribution in [2.75, 3.05) is 19.0 Å². The minimum Gasteiger partial charge on any atom is -0.481 e. The van der Waals surface area contributed by atoms with Gasteiger partial charge in [0.2, 0.25) is 11.8 Å². The lowest BCUT2D eigenvalue weighted by atomic mass is 10.0. The van der Waals surface area contributed by atoms with Crippen LogP contribution in [0.2, 0.25) is 0 Å². The Morgan fingerprint density at radius 3 is 2.81 bits per heavy atom. The Kier molecular flexibility index (Phi) is 6.66. The highest BCUT2D eigenvalue weighted by atomic mass is 19.4. The van der Waals surface area contributed by atoms with Gasteiger partial charge in [0.15, 0.2) is 5.82 Å². The molecule has 0 radical (unpaired) electrons. The first-order valence-corrected chi connectivity index (χ1v) is 9.55. The van der Waals surface area contributed by atoms with E-state index in [0.29, 0.717) is 34.9 Å². The second kappa shape index (κ2) is 9.23. The zero-order chi connectivity index (χ0) is 22.6. The summed E-state index contributed by atoms with van der Waals surface area (Å²) in [6.45, 7) is -1.50. The standard InChI is InChI=1S/C19H22F3N5O4/c1-31-17-7-11(4-5-23-17)6-16(28)24-15-9-14(25-26-15)12-2-3-13(8-12)27(18(29)30)10-19(20,21)22/h4-5,7,9,12-13H,2-3,6,8,10H2,1H3,(H,29,30)(H2,24,25,26,28). The van der Waals surface area contributed by atoms with Gasteiger partial charge in [0.1, 0.15) is 6.54 Å². The van der Waals surface area contributed by atoms with Crippen molar-refractivity contribution in [1.29, 1.82) is 0 Å². The SMILES string of the molecule is COc1cc(CC(=O)Nc2cc(C3CCC(N(CC(F)(F)F)C(=O)O)C3)[nH]n2)ccn1. The summed E-state index contributed by atoms with van der Waals surface area (Å²) in [6.07, 6.45) is -3.50. The lowest BCUT2D eigenvalue weighted by Crippen LogP contribution is -2.44. The van der Waals surface area contributed by atoms with Crippen LogP contribution in [0.25, 0.3) is 0 Å². The first-order valence-electron chi connectivity index (χ1n) is 9.55. The number of hydrogen-bond donors (Lipinski definition) is 3. The van der Waals surface area contributed by atoms with Crippen molar-refractivity contribution in [3.63, 3.8) is 0 Å². The number of halogens is 3. The first-order chi connectivity index (χ1) is 14.6. The number of carbonyl (C=O) groups is 2. The van der Waals surface area contributed by atoms with Gasteiger partial charge in [-0.1, -0.05) is 0 Å². The Bertz CT molecular complexity index is 933. The molecule has 2 aromatic heterocycles. The summed E-state index contributed by atoms with van der Waals surface area (Å²) in [5, 5.41) is 18.6. The summed E-state index contributed by atoms with van der Waals surface area (Å²) in [5.74, 6) is 0.194. The molecule has 2 aromatic rings. The summed E-state index contributed by atoms with van der Waals surface area (Å²) in [7, 11) is 1.48. The fourth-order valence-electron chi connectivity index (χ4n) is 3.72. The molecule has 1 saturated carbocycles. The molecule has 9 nitrogen and oxygen atoms in total. The average molecular weight is 441 g/mol. The van der Waals surface area contributed by atoms with Crippen LogP contribution in [0.5, 0.6) is 5.88 Å². The average Bonchev–Trinajstić information content (AvgIpc) is 3.34. The predicted octanol–water partition coefficient (Wildman–Crippen LogP) is 3.17. The molecule has 0 saturated heterocycles. The number of rotatable bonds is 7. The molecule has 3 N–H and O–H groups in total. The number of H-pyrrole nitrogens is 1. The molecule has 1 aliphatic rings. The number of methoxy groups -OCH3 is 1. The highest BCUT2D eigenvalue weighted by molar-refractivity contribution is 5.91. The number of carboxylic acid groups (broad SMARTS) is 1. The van der Waals surface area contributed by atoms with Crippen molar-refractivity contribution in [2.45, 2.75) is 43.8 Å². The lowest BCUT2D eigenvalue weighted by molar-refractivity contribution is -0.145. The van der Waals surface area contributed by atoms with Crippen molar-refractivity contribution in [3.05, 3.63) is 35.7 Å². The van der Waals surface area contributed by atoms with Crippen LogP contribution < -0.4 is 10.1 Å². The predicted molar refractivity (Wildman–Crippen MR) is 103 cm³/mol. The summed E-state index contributed by atoms with van der Waals surface area (Å²) in [5.41, 5.74) is 1.35. The molecular formula is C19H22F3N5O4. The Balaban J connectivity index is 1.58. The third-order valence-corrected chi connectivity index (χ3v) is 5.12. The number of pyridine rings is 1. The molecule has 0 aromatic carbocycles. The summed E-state index contributed by atoms with van der Waals surface area (Å²) in [6, 6.07) is 4.22. The quantitative estimate of drug-likeness (QED) is 0.607. The van der Waals surface area contributed by atoms with Crippen molar-refractivity contribution in [1.82, 2.24) is 20.1 Å². The third kappa shape index (κ3) is 6.09. The van der Waals surface area contributed by atoms with Gasteiger partial charge in [0.25, 0.3) is 0 Å². The second-order valence-corrected chi connectivity index (χ2v) is 7.33. The molecule has 2 atom stereocenters. The van der Waals surface area contributed by atoms with Crippen LogP contribution in [-0.2, 0) is 11.2 Å². The lowest BCUT2D eigenvalue weighted by Gasteiger charge is -2.27. The maximum absolute atomic E-state index is 12.7. The first kappa shape index (κ1) is 22.4. The van der Waals surface area contributed by atoms with E-state index in [9.17, 15) is 22.8 Å². The topological polar surface area (TPSA) is 120 Å². The van der Waals surface area contributed by atoms with E-state index >= 15 is 0 Å². The van der Waals surface area contributed by atoms with E-state index in [2.05, 4.69) is 20.5 Å². The van der Waals surface area contributed by atoms with Crippen LogP contribution in [0.4, 0.5) is 23.8 Å². The highest BCUT2D eigenvalue weighted by Crippen LogP contribution is 2.37. The highest BCUT2D eigenvalue weighted by Gasteiger charge is 2.40. The normalized spacial score (nSPS) is 18.6. The number of aromatic nitrogens is 3. The van der Waals surface area contributed by atoms with Gasteiger partial charge < -0.3 is 15.2 Å². The van der Waals surface area contributed by atoms with E-state index in [-0.39, 0.29) is 30.5 Å². The van der Waals surface area contributed by atoms with Crippen molar-refractivity contribution >= 4 is 17.8 Å². The number of amides is 2. The number of hydrogen-bond acceptors (Lipinski definition) is 5. The number of nitrogens with zero attached hydrogens (tertiary/aromatic N) is 3. The molecule has 2 amide bonds. The van der Waals surface area contributed by atoms with Crippen LogP contribution in [-0.4, -0.2) is 63.1 Å². The molecule has 31 heavy (non-hydrogen) atoms. The second-order valence-electron chi connectivity index (χ2n) is 7.33. The number of nitrogens with one attached hydrogen (secondary N) is 2. The van der Waals surface area contributed by atoms with Crippen LogP contribution in [0.3, 0.4) is 0 Å². The molecule has 2 heterocycles. The smallest absolute Gasteiger partial charge is 0.407 e. The fourth-order valence-corrected chi connectivity index (χ4v) is 3.72. The largest absolute Gasteiger partial charge is 0.481 e. The maximum atomic E-state index is 12.7.